The van der Waals surface area contributed by atoms with Gasteiger partial charge in [0, 0.05) is 17.2 Å². The molecule has 0 aliphatic rings. The molecule has 4 heteroatoms. The van der Waals surface area contributed by atoms with Crippen LogP contribution in [0.2, 0.25) is 0 Å². The van der Waals surface area contributed by atoms with Crippen molar-refractivity contribution in [3.63, 3.8) is 0 Å². The Kier molecular flexibility index (Phi) is 4.73. The van der Waals surface area contributed by atoms with E-state index in [-0.39, 0.29) is 6.61 Å². The SMILES string of the molecule is N#Cc1ccccc1COc1ccccc1/C=C/C(=O)O. The molecule has 0 bridgehead atoms. The Balaban J connectivity index is 2.17. The summed E-state index contributed by atoms with van der Waals surface area (Å²) in [6, 6.07) is 16.5. The van der Waals surface area contributed by atoms with Gasteiger partial charge < -0.3 is 9.84 Å². The van der Waals surface area contributed by atoms with Crippen molar-refractivity contribution in [1.82, 2.24) is 0 Å². The predicted molar refractivity (Wildman–Crippen MR) is 78.6 cm³/mol. The summed E-state index contributed by atoms with van der Waals surface area (Å²) in [6.45, 7) is 0.252. The van der Waals surface area contributed by atoms with Gasteiger partial charge in [0.25, 0.3) is 0 Å². The molecule has 1 N–H and O–H groups in total. The minimum atomic E-state index is -1.01. The van der Waals surface area contributed by atoms with Gasteiger partial charge in [-0.05, 0) is 18.2 Å². The maximum Gasteiger partial charge on any atom is 0.328 e. The van der Waals surface area contributed by atoms with E-state index in [9.17, 15) is 4.79 Å². The van der Waals surface area contributed by atoms with Gasteiger partial charge in [0.05, 0.1) is 11.6 Å². The number of rotatable bonds is 5. The number of aliphatic carboxylic acids is 1. The van der Waals surface area contributed by atoms with Gasteiger partial charge in [-0.2, -0.15) is 5.26 Å². The predicted octanol–water partition coefficient (Wildman–Crippen LogP) is 3.24. The largest absolute Gasteiger partial charge is 0.488 e. The lowest BCUT2D eigenvalue weighted by Gasteiger charge is -2.10. The van der Waals surface area contributed by atoms with Gasteiger partial charge in [-0.15, -0.1) is 0 Å². The number of carbonyl (C=O) groups is 1. The first-order valence-corrected chi connectivity index (χ1v) is 6.31. The third-order valence-corrected chi connectivity index (χ3v) is 2.85. The Morgan fingerprint density at radius 3 is 2.67 bits per heavy atom. The van der Waals surface area contributed by atoms with Gasteiger partial charge in [0.1, 0.15) is 12.4 Å². The fourth-order valence-corrected chi connectivity index (χ4v) is 1.82. The summed E-state index contributed by atoms with van der Waals surface area (Å²) in [5.74, 6) is -0.442. The molecule has 0 aromatic heterocycles. The number of hydrogen-bond acceptors (Lipinski definition) is 3. The summed E-state index contributed by atoms with van der Waals surface area (Å²) >= 11 is 0. The van der Waals surface area contributed by atoms with E-state index >= 15 is 0 Å². The van der Waals surface area contributed by atoms with Gasteiger partial charge in [-0.1, -0.05) is 36.4 Å². The number of carboxylic acids is 1. The second-order valence-electron chi connectivity index (χ2n) is 4.27. The monoisotopic (exact) mass is 279 g/mol. The van der Waals surface area contributed by atoms with Gasteiger partial charge in [0.15, 0.2) is 0 Å². The molecule has 0 saturated carbocycles. The Morgan fingerprint density at radius 2 is 1.90 bits per heavy atom. The van der Waals surface area contributed by atoms with E-state index in [1.165, 1.54) is 6.08 Å². The fourth-order valence-electron chi connectivity index (χ4n) is 1.82. The molecule has 0 aliphatic carbocycles. The van der Waals surface area contributed by atoms with E-state index in [4.69, 9.17) is 15.1 Å². The van der Waals surface area contributed by atoms with Gasteiger partial charge >= 0.3 is 5.97 Å². The maximum absolute atomic E-state index is 10.6. The van der Waals surface area contributed by atoms with Crippen LogP contribution in [0.15, 0.2) is 54.6 Å². The van der Waals surface area contributed by atoms with E-state index < -0.39 is 5.97 Å². The van der Waals surface area contributed by atoms with Gasteiger partial charge in [0.2, 0.25) is 0 Å². The summed E-state index contributed by atoms with van der Waals surface area (Å²) in [6.07, 6.45) is 2.54. The third kappa shape index (κ3) is 3.95. The smallest absolute Gasteiger partial charge is 0.328 e. The summed E-state index contributed by atoms with van der Waals surface area (Å²) in [4.78, 5) is 10.6. The summed E-state index contributed by atoms with van der Waals surface area (Å²) in [5.41, 5.74) is 2.03. The molecule has 0 radical (unpaired) electrons. The minimum absolute atomic E-state index is 0.252. The number of carboxylic acid groups (broad SMARTS) is 1. The maximum atomic E-state index is 10.6. The van der Waals surface area contributed by atoms with Crippen LogP contribution in [0, 0.1) is 11.3 Å². The van der Waals surface area contributed by atoms with Crippen molar-refractivity contribution in [2.24, 2.45) is 0 Å². The lowest BCUT2D eigenvalue weighted by molar-refractivity contribution is -0.131. The molecule has 21 heavy (non-hydrogen) atoms. The van der Waals surface area contributed by atoms with Crippen molar-refractivity contribution >= 4 is 12.0 Å². The molecule has 104 valence electrons. The highest BCUT2D eigenvalue weighted by Gasteiger charge is 2.04. The van der Waals surface area contributed by atoms with Crippen LogP contribution in [0.4, 0.5) is 0 Å². The Hall–Kier alpha value is -3.06. The lowest BCUT2D eigenvalue weighted by Crippen LogP contribution is -1.99. The molecule has 0 saturated heterocycles. The molecule has 0 heterocycles. The molecular formula is C17H13NO3. The normalized spacial score (nSPS) is 10.2. The van der Waals surface area contributed by atoms with Gasteiger partial charge in [-0.25, -0.2) is 4.79 Å². The number of para-hydroxylation sites is 1. The molecule has 2 rings (SSSR count). The molecule has 2 aromatic carbocycles. The molecule has 2 aromatic rings. The van der Waals surface area contributed by atoms with Crippen LogP contribution in [0.5, 0.6) is 5.75 Å². The van der Waals surface area contributed by atoms with E-state index in [0.29, 0.717) is 16.9 Å². The second kappa shape index (κ2) is 6.92. The molecular weight excluding hydrogens is 266 g/mol. The van der Waals surface area contributed by atoms with E-state index in [1.54, 1.807) is 30.3 Å². The molecule has 0 unspecified atom stereocenters. The van der Waals surface area contributed by atoms with Crippen LogP contribution in [0.3, 0.4) is 0 Å². The average Bonchev–Trinajstić information content (AvgIpc) is 2.51. The highest BCUT2D eigenvalue weighted by molar-refractivity contribution is 5.85. The van der Waals surface area contributed by atoms with Crippen molar-refractivity contribution in [2.75, 3.05) is 0 Å². The molecule has 0 atom stereocenters. The zero-order valence-electron chi connectivity index (χ0n) is 11.2. The first kappa shape index (κ1) is 14.4. The van der Waals surface area contributed by atoms with Crippen molar-refractivity contribution < 1.29 is 14.6 Å². The average molecular weight is 279 g/mol. The van der Waals surface area contributed by atoms with Crippen LogP contribution < -0.4 is 4.74 Å². The topological polar surface area (TPSA) is 70.3 Å². The Bertz CT molecular complexity index is 714. The molecule has 0 aliphatic heterocycles. The minimum Gasteiger partial charge on any atom is -0.488 e. The van der Waals surface area contributed by atoms with Crippen molar-refractivity contribution in [1.29, 1.82) is 5.26 Å². The highest BCUT2D eigenvalue weighted by atomic mass is 16.5. The summed E-state index contributed by atoms with van der Waals surface area (Å²) in [7, 11) is 0. The first-order valence-electron chi connectivity index (χ1n) is 6.31. The van der Waals surface area contributed by atoms with Crippen LogP contribution in [-0.2, 0) is 11.4 Å². The number of hydrogen-bond donors (Lipinski definition) is 1. The Labute approximate surface area is 122 Å². The van der Waals surface area contributed by atoms with Crippen LogP contribution in [0.1, 0.15) is 16.7 Å². The van der Waals surface area contributed by atoms with Crippen molar-refractivity contribution in [3.05, 3.63) is 71.3 Å². The molecule has 0 fully saturated rings. The number of benzene rings is 2. The standard InChI is InChI=1S/C17H13NO3/c18-11-14-6-1-2-7-15(14)12-21-16-8-4-3-5-13(16)9-10-17(19)20/h1-10H,12H2,(H,19,20)/b10-9+. The van der Waals surface area contributed by atoms with E-state index in [1.807, 2.05) is 18.2 Å². The number of nitriles is 1. The zero-order valence-corrected chi connectivity index (χ0v) is 11.2. The molecule has 4 nitrogen and oxygen atoms in total. The second-order valence-corrected chi connectivity index (χ2v) is 4.27. The van der Waals surface area contributed by atoms with Crippen LogP contribution in [0.25, 0.3) is 6.08 Å². The fraction of sp³-hybridized carbons (Fsp3) is 0.0588. The van der Waals surface area contributed by atoms with E-state index in [2.05, 4.69) is 6.07 Å². The van der Waals surface area contributed by atoms with Crippen molar-refractivity contribution in [2.45, 2.75) is 6.61 Å². The number of ether oxygens (including phenoxy) is 1. The van der Waals surface area contributed by atoms with Crippen LogP contribution in [-0.4, -0.2) is 11.1 Å². The highest BCUT2D eigenvalue weighted by Crippen LogP contribution is 2.21. The first-order chi connectivity index (χ1) is 10.2. The lowest BCUT2D eigenvalue weighted by atomic mass is 10.1. The number of nitrogens with zero attached hydrogens (tertiary/aromatic N) is 1. The third-order valence-electron chi connectivity index (χ3n) is 2.85. The van der Waals surface area contributed by atoms with E-state index in [0.717, 1.165) is 11.6 Å². The van der Waals surface area contributed by atoms with Crippen LogP contribution >= 0.6 is 0 Å². The molecule has 0 spiro atoms. The summed E-state index contributed by atoms with van der Waals surface area (Å²) < 4.78 is 5.70. The quantitative estimate of drug-likeness (QED) is 0.853. The zero-order chi connectivity index (χ0) is 15.1. The Morgan fingerprint density at radius 1 is 1.19 bits per heavy atom. The summed E-state index contributed by atoms with van der Waals surface area (Å²) in [5, 5.41) is 17.7. The van der Waals surface area contributed by atoms with Crippen molar-refractivity contribution in [3.8, 4) is 11.8 Å². The van der Waals surface area contributed by atoms with Gasteiger partial charge in [-0.3, -0.25) is 0 Å². The molecule has 0 amide bonds.